The topological polar surface area (TPSA) is 81.1 Å². The predicted octanol–water partition coefficient (Wildman–Crippen LogP) is 7.65. The van der Waals surface area contributed by atoms with Crippen LogP contribution in [0.1, 0.15) is 51.7 Å². The Balaban J connectivity index is 1.43. The monoisotopic (exact) mass is 574 g/mol. The molecule has 6 heteroatoms. The Labute approximate surface area is 252 Å². The highest BCUT2D eigenvalue weighted by atomic mass is 16.4. The van der Waals surface area contributed by atoms with Gasteiger partial charge < -0.3 is 20.0 Å². The molecule has 0 aromatic heterocycles. The van der Waals surface area contributed by atoms with Crippen molar-refractivity contribution in [2.45, 2.75) is 57.4 Å². The Morgan fingerprint density at radius 3 is 1.93 bits per heavy atom. The third-order valence-electron chi connectivity index (χ3n) is 9.35. The van der Waals surface area contributed by atoms with Gasteiger partial charge in [0, 0.05) is 41.0 Å². The summed E-state index contributed by atoms with van der Waals surface area (Å²) in [5, 5.41) is 23.8. The minimum atomic E-state index is -0.825. The number of anilines is 2. The Morgan fingerprint density at radius 1 is 0.744 bits per heavy atom. The van der Waals surface area contributed by atoms with Crippen molar-refractivity contribution in [3.8, 4) is 0 Å². The molecular weight excluding hydrogens is 536 g/mol. The smallest absolute Gasteiger partial charge is 0.305 e. The molecule has 0 aliphatic carbocycles. The van der Waals surface area contributed by atoms with E-state index in [0.717, 1.165) is 22.5 Å². The van der Waals surface area contributed by atoms with Crippen molar-refractivity contribution in [1.82, 2.24) is 0 Å². The van der Waals surface area contributed by atoms with Crippen LogP contribution in [0, 0.1) is 0 Å². The first-order chi connectivity index (χ1) is 20.5. The molecule has 0 radical (unpaired) electrons. The van der Waals surface area contributed by atoms with Crippen LogP contribution in [0.2, 0.25) is 0 Å². The van der Waals surface area contributed by atoms with Crippen molar-refractivity contribution < 1.29 is 19.8 Å². The van der Waals surface area contributed by atoms with Crippen LogP contribution < -0.4 is 9.80 Å². The lowest BCUT2D eigenvalue weighted by Gasteiger charge is -2.32. The van der Waals surface area contributed by atoms with Crippen LogP contribution in [0.3, 0.4) is 0 Å². The van der Waals surface area contributed by atoms with Crippen LogP contribution in [0.15, 0.2) is 96.7 Å². The fourth-order valence-corrected chi connectivity index (χ4v) is 7.42. The molecule has 0 saturated heterocycles. The Bertz CT molecular complexity index is 1820. The highest BCUT2D eigenvalue weighted by Gasteiger charge is 2.45. The van der Waals surface area contributed by atoms with Gasteiger partial charge in [0.25, 0.3) is 0 Å². The molecule has 4 aromatic rings. The maximum atomic E-state index is 11.7. The molecule has 1 unspecified atom stereocenters. The van der Waals surface area contributed by atoms with Crippen molar-refractivity contribution in [1.29, 1.82) is 0 Å². The first-order valence-electron chi connectivity index (χ1n) is 14.9. The number of benzene rings is 4. The lowest BCUT2D eigenvalue weighted by Crippen LogP contribution is -2.41. The lowest BCUT2D eigenvalue weighted by atomic mass is 9.78. The molecule has 4 aromatic carbocycles. The number of carboxylic acids is 2. The van der Waals surface area contributed by atoms with Crippen LogP contribution in [0.4, 0.5) is 11.4 Å². The Morgan fingerprint density at radius 2 is 1.30 bits per heavy atom. The number of aliphatic carboxylic acids is 2. The van der Waals surface area contributed by atoms with Gasteiger partial charge in [-0.3, -0.25) is 9.59 Å². The molecule has 0 spiro atoms. The summed E-state index contributed by atoms with van der Waals surface area (Å²) < 4.78 is 0. The number of carbonyl (C=O) groups is 2. The molecule has 0 saturated carbocycles. The fraction of sp³-hybridized carbons (Fsp3) is 0.297. The van der Waals surface area contributed by atoms with Gasteiger partial charge in [-0.1, -0.05) is 101 Å². The third kappa shape index (κ3) is 4.75. The van der Waals surface area contributed by atoms with Crippen LogP contribution in [-0.2, 0) is 20.4 Å². The van der Waals surface area contributed by atoms with Crippen molar-refractivity contribution in [3.63, 3.8) is 0 Å². The maximum Gasteiger partial charge on any atom is 0.305 e. The van der Waals surface area contributed by atoms with Gasteiger partial charge in [0.2, 0.25) is 0 Å². The number of carboxylic acid groups (broad SMARTS) is 2. The van der Waals surface area contributed by atoms with E-state index in [1.54, 1.807) is 0 Å². The van der Waals surface area contributed by atoms with Crippen LogP contribution in [0.5, 0.6) is 0 Å². The van der Waals surface area contributed by atoms with E-state index >= 15 is 0 Å². The van der Waals surface area contributed by atoms with E-state index in [1.807, 2.05) is 12.1 Å². The molecule has 0 amide bonds. The number of hydrogen-bond donors (Lipinski definition) is 2. The molecule has 220 valence electrons. The summed E-state index contributed by atoms with van der Waals surface area (Å²) in [6.07, 6.45) is 6.49. The summed E-state index contributed by atoms with van der Waals surface area (Å²) in [4.78, 5) is 27.7. The SMILES string of the molecule is CC1(C)/C(=C\C=C\C2N(CCC(=O)O)c3ccc4ccccc4c3C2(C)C)N(CCC(=O)O)c2ccc3ccccc3c21. The predicted molar refractivity (Wildman–Crippen MR) is 174 cm³/mol. The average Bonchev–Trinajstić information content (AvgIpc) is 3.33. The molecule has 2 aliphatic heterocycles. The molecule has 0 fully saturated rings. The second-order valence-electron chi connectivity index (χ2n) is 12.7. The first-order valence-corrected chi connectivity index (χ1v) is 14.9. The lowest BCUT2D eigenvalue weighted by molar-refractivity contribution is -0.137. The summed E-state index contributed by atoms with van der Waals surface area (Å²) in [7, 11) is 0. The van der Waals surface area contributed by atoms with Gasteiger partial charge in [-0.2, -0.15) is 0 Å². The van der Waals surface area contributed by atoms with Gasteiger partial charge in [-0.25, -0.2) is 0 Å². The summed E-state index contributed by atoms with van der Waals surface area (Å²) in [5.41, 5.74) is 4.99. The van der Waals surface area contributed by atoms with E-state index in [1.165, 1.54) is 27.3 Å². The van der Waals surface area contributed by atoms with Gasteiger partial charge in [0.15, 0.2) is 0 Å². The molecule has 2 aliphatic rings. The highest BCUT2D eigenvalue weighted by molar-refractivity contribution is 5.95. The quantitative estimate of drug-likeness (QED) is 0.225. The normalized spacial score (nSPS) is 19.4. The van der Waals surface area contributed by atoms with Crippen LogP contribution in [-0.4, -0.2) is 41.3 Å². The number of rotatable bonds is 8. The second-order valence-corrected chi connectivity index (χ2v) is 12.7. The van der Waals surface area contributed by atoms with Crippen molar-refractivity contribution in [2.75, 3.05) is 22.9 Å². The van der Waals surface area contributed by atoms with Crippen LogP contribution in [0.25, 0.3) is 21.5 Å². The molecule has 43 heavy (non-hydrogen) atoms. The van der Waals surface area contributed by atoms with Gasteiger partial charge in [-0.15, -0.1) is 0 Å². The van der Waals surface area contributed by atoms with Gasteiger partial charge in [0.05, 0.1) is 18.9 Å². The molecule has 1 atom stereocenters. The van der Waals surface area contributed by atoms with Crippen LogP contribution >= 0.6 is 0 Å². The number of fused-ring (bicyclic) bond motifs is 6. The molecule has 0 bridgehead atoms. The van der Waals surface area contributed by atoms with E-state index in [9.17, 15) is 19.8 Å². The zero-order chi connectivity index (χ0) is 30.5. The largest absolute Gasteiger partial charge is 0.481 e. The Kier molecular flexibility index (Phi) is 7.04. The minimum absolute atomic E-state index is 0.0321. The maximum absolute atomic E-state index is 11.7. The molecule has 6 nitrogen and oxygen atoms in total. The zero-order valence-electron chi connectivity index (χ0n) is 25.2. The number of allylic oxidation sites excluding steroid dienone is 3. The molecular formula is C37H38N2O4. The summed E-state index contributed by atoms with van der Waals surface area (Å²) in [6.45, 7) is 9.67. The standard InChI is InChI=1S/C37H38N2O4/c1-36(2)30(38(22-20-32(40)41)28-18-16-24-10-5-7-12-26(24)34(28)36)14-9-15-31-37(3,4)35-27-13-8-6-11-25(27)17-19-29(35)39(31)23-21-33(42)43/h5-19,30H,20-23H2,1-4H3,(H,40,41)(H,42,43)/b14-9+,31-15+. The van der Waals surface area contributed by atoms with E-state index in [2.05, 4.69) is 116 Å². The van der Waals surface area contributed by atoms with Crippen molar-refractivity contribution in [2.24, 2.45) is 0 Å². The highest BCUT2D eigenvalue weighted by Crippen LogP contribution is 2.52. The van der Waals surface area contributed by atoms with Crippen molar-refractivity contribution in [3.05, 3.63) is 108 Å². The summed E-state index contributed by atoms with van der Waals surface area (Å²) in [6, 6.07) is 25.1. The summed E-state index contributed by atoms with van der Waals surface area (Å²) in [5.74, 6) is -1.64. The molecule has 2 heterocycles. The average molecular weight is 575 g/mol. The number of nitrogens with zero attached hydrogens (tertiary/aromatic N) is 2. The van der Waals surface area contributed by atoms with E-state index in [0.29, 0.717) is 13.1 Å². The fourth-order valence-electron chi connectivity index (χ4n) is 7.42. The Hall–Kier alpha value is -4.58. The third-order valence-corrected chi connectivity index (χ3v) is 9.35. The van der Waals surface area contributed by atoms with E-state index in [4.69, 9.17) is 0 Å². The van der Waals surface area contributed by atoms with Crippen molar-refractivity contribution >= 4 is 44.9 Å². The minimum Gasteiger partial charge on any atom is -0.481 e. The van der Waals surface area contributed by atoms with Gasteiger partial charge in [0.1, 0.15) is 0 Å². The summed E-state index contributed by atoms with van der Waals surface area (Å²) >= 11 is 0. The van der Waals surface area contributed by atoms with E-state index in [-0.39, 0.29) is 29.7 Å². The van der Waals surface area contributed by atoms with Gasteiger partial charge in [-0.05, 0) is 50.9 Å². The second kappa shape index (κ2) is 10.6. The number of hydrogen-bond acceptors (Lipinski definition) is 4. The van der Waals surface area contributed by atoms with Gasteiger partial charge >= 0.3 is 11.9 Å². The van der Waals surface area contributed by atoms with E-state index < -0.39 is 11.9 Å². The zero-order valence-corrected chi connectivity index (χ0v) is 25.2. The molecule has 2 N–H and O–H groups in total. The first kappa shape index (κ1) is 28.5. The molecule has 6 rings (SSSR count).